The fraction of sp³-hybridized carbons (Fsp3) is 0.571. The number of likely N-dealkylation sites (N-methyl/N-ethyl adjacent to an activating group) is 1. The molecule has 0 amide bonds. The van der Waals surface area contributed by atoms with Crippen LogP contribution in [0.1, 0.15) is 27.2 Å². The van der Waals surface area contributed by atoms with E-state index in [2.05, 4.69) is 60.2 Å². The van der Waals surface area contributed by atoms with E-state index in [1.807, 2.05) is 17.8 Å². The lowest BCUT2D eigenvalue weighted by Gasteiger charge is -2.31. The molecule has 0 saturated heterocycles. The highest BCUT2D eigenvalue weighted by Crippen LogP contribution is 2.33. The fourth-order valence-electron chi connectivity index (χ4n) is 2.05. The third-order valence-corrected chi connectivity index (χ3v) is 4.99. The average Bonchev–Trinajstić information content (AvgIpc) is 2.32. The Labute approximate surface area is 123 Å². The van der Waals surface area contributed by atoms with Crippen molar-refractivity contribution in [2.75, 3.05) is 13.2 Å². The fourth-order valence-corrected chi connectivity index (χ4v) is 3.84. The number of hydrogen-bond donors (Lipinski definition) is 2. The molecule has 0 bridgehead atoms. The van der Waals surface area contributed by atoms with Crippen molar-refractivity contribution in [2.24, 2.45) is 0 Å². The van der Waals surface area contributed by atoms with Crippen LogP contribution in [0.5, 0.6) is 0 Å². The highest BCUT2D eigenvalue weighted by atomic mass is 79.9. The smallest absolute Gasteiger partial charge is 0.0611 e. The molecule has 102 valence electrons. The van der Waals surface area contributed by atoms with Crippen molar-refractivity contribution < 1.29 is 5.11 Å². The Balaban J connectivity index is 2.61. The van der Waals surface area contributed by atoms with Crippen molar-refractivity contribution in [3.8, 4) is 0 Å². The summed E-state index contributed by atoms with van der Waals surface area (Å²) in [6.07, 6.45) is 0.934. The van der Waals surface area contributed by atoms with Crippen molar-refractivity contribution >= 4 is 27.7 Å². The topological polar surface area (TPSA) is 32.3 Å². The van der Waals surface area contributed by atoms with E-state index in [0.717, 1.165) is 17.4 Å². The second-order valence-electron chi connectivity index (χ2n) is 4.81. The normalized spacial score (nSPS) is 16.3. The molecule has 0 spiro atoms. The van der Waals surface area contributed by atoms with Crippen LogP contribution in [0, 0.1) is 0 Å². The Morgan fingerprint density at radius 3 is 2.67 bits per heavy atom. The first kappa shape index (κ1) is 16.0. The number of rotatable bonds is 7. The Morgan fingerprint density at radius 2 is 2.11 bits per heavy atom. The summed E-state index contributed by atoms with van der Waals surface area (Å²) in [5.74, 6) is 0. The number of aliphatic hydroxyl groups excluding tert-OH is 1. The van der Waals surface area contributed by atoms with E-state index in [1.165, 1.54) is 4.90 Å². The molecular weight excluding hydrogens is 310 g/mol. The molecule has 2 N–H and O–H groups in total. The van der Waals surface area contributed by atoms with E-state index in [-0.39, 0.29) is 12.1 Å². The quantitative estimate of drug-likeness (QED) is 0.747. The zero-order valence-electron chi connectivity index (χ0n) is 11.2. The Hall–Kier alpha value is -0.0300. The van der Waals surface area contributed by atoms with Gasteiger partial charge in [0.05, 0.1) is 6.61 Å². The third-order valence-electron chi connectivity index (χ3n) is 2.86. The number of halogens is 1. The van der Waals surface area contributed by atoms with E-state index in [1.54, 1.807) is 0 Å². The van der Waals surface area contributed by atoms with Crippen molar-refractivity contribution in [2.45, 2.75) is 42.9 Å². The van der Waals surface area contributed by atoms with Crippen LogP contribution in [0.3, 0.4) is 0 Å². The summed E-state index contributed by atoms with van der Waals surface area (Å²) in [5.41, 5.74) is -0.192. The van der Waals surface area contributed by atoms with Crippen molar-refractivity contribution in [3.63, 3.8) is 0 Å². The van der Waals surface area contributed by atoms with Gasteiger partial charge in [-0.2, -0.15) is 0 Å². The maximum atomic E-state index is 9.50. The summed E-state index contributed by atoms with van der Waals surface area (Å²) in [5, 5.41) is 13.3. The Bertz CT molecular complexity index is 375. The maximum absolute atomic E-state index is 9.50. The highest BCUT2D eigenvalue weighted by molar-refractivity contribution is 9.10. The predicted molar refractivity (Wildman–Crippen MR) is 83.2 cm³/mol. The van der Waals surface area contributed by atoms with Crippen molar-refractivity contribution in [1.29, 1.82) is 0 Å². The van der Waals surface area contributed by atoms with Gasteiger partial charge in [-0.25, -0.2) is 0 Å². The van der Waals surface area contributed by atoms with Crippen LogP contribution < -0.4 is 5.32 Å². The molecule has 0 radical (unpaired) electrons. The molecule has 4 heteroatoms. The van der Waals surface area contributed by atoms with Gasteiger partial charge in [-0.3, -0.25) is 0 Å². The van der Waals surface area contributed by atoms with Crippen LogP contribution in [-0.2, 0) is 0 Å². The van der Waals surface area contributed by atoms with Crippen LogP contribution in [0.15, 0.2) is 33.6 Å². The Morgan fingerprint density at radius 1 is 1.44 bits per heavy atom. The highest BCUT2D eigenvalue weighted by Gasteiger charge is 2.25. The SMILES string of the molecule is CCNC(C)(CO)CC(C)Sc1ccccc1Br. The summed E-state index contributed by atoms with van der Waals surface area (Å²) >= 11 is 5.41. The molecule has 0 saturated carbocycles. The van der Waals surface area contributed by atoms with E-state index < -0.39 is 0 Å². The first-order valence-corrected chi connectivity index (χ1v) is 7.95. The molecule has 1 aromatic carbocycles. The van der Waals surface area contributed by atoms with Crippen LogP contribution >= 0.6 is 27.7 Å². The molecule has 1 rings (SSSR count). The molecule has 1 aromatic rings. The molecule has 2 unspecified atom stereocenters. The summed E-state index contributed by atoms with van der Waals surface area (Å²) in [6, 6.07) is 8.25. The zero-order chi connectivity index (χ0) is 13.6. The van der Waals surface area contributed by atoms with Crippen LogP contribution in [-0.4, -0.2) is 29.0 Å². The van der Waals surface area contributed by atoms with Gasteiger partial charge in [0.1, 0.15) is 0 Å². The average molecular weight is 332 g/mol. The molecule has 0 fully saturated rings. The zero-order valence-corrected chi connectivity index (χ0v) is 13.6. The minimum Gasteiger partial charge on any atom is -0.394 e. The summed E-state index contributed by atoms with van der Waals surface area (Å²) in [4.78, 5) is 1.25. The molecule has 18 heavy (non-hydrogen) atoms. The molecular formula is C14H22BrNOS. The molecule has 0 aliphatic heterocycles. The van der Waals surface area contributed by atoms with E-state index in [0.29, 0.717) is 5.25 Å². The van der Waals surface area contributed by atoms with E-state index in [9.17, 15) is 5.11 Å². The number of thioether (sulfide) groups is 1. The van der Waals surface area contributed by atoms with Crippen LogP contribution in [0.4, 0.5) is 0 Å². The lowest BCUT2D eigenvalue weighted by Crippen LogP contribution is -2.47. The molecule has 0 aliphatic carbocycles. The van der Waals surface area contributed by atoms with E-state index in [4.69, 9.17) is 0 Å². The van der Waals surface area contributed by atoms with Gasteiger partial charge in [0.25, 0.3) is 0 Å². The second-order valence-corrected chi connectivity index (χ2v) is 7.15. The largest absolute Gasteiger partial charge is 0.394 e. The standard InChI is InChI=1S/C14H22BrNOS/c1-4-16-14(3,10-17)9-11(2)18-13-8-6-5-7-12(13)15/h5-8,11,16-17H,4,9-10H2,1-3H3. The van der Waals surface area contributed by atoms with Gasteiger partial charge in [-0.15, -0.1) is 11.8 Å². The van der Waals surface area contributed by atoms with Gasteiger partial charge < -0.3 is 10.4 Å². The van der Waals surface area contributed by atoms with E-state index >= 15 is 0 Å². The van der Waals surface area contributed by atoms with Gasteiger partial charge >= 0.3 is 0 Å². The lowest BCUT2D eigenvalue weighted by molar-refractivity contribution is 0.168. The first-order valence-electron chi connectivity index (χ1n) is 6.28. The van der Waals surface area contributed by atoms with Crippen LogP contribution in [0.25, 0.3) is 0 Å². The summed E-state index contributed by atoms with van der Waals surface area (Å²) in [7, 11) is 0. The van der Waals surface area contributed by atoms with Gasteiger partial charge in [0.15, 0.2) is 0 Å². The number of benzene rings is 1. The lowest BCUT2D eigenvalue weighted by atomic mass is 9.97. The number of aliphatic hydroxyl groups is 1. The molecule has 0 heterocycles. The van der Waals surface area contributed by atoms with Crippen molar-refractivity contribution in [1.82, 2.24) is 5.32 Å². The van der Waals surface area contributed by atoms with Crippen LogP contribution in [0.2, 0.25) is 0 Å². The number of hydrogen-bond acceptors (Lipinski definition) is 3. The monoisotopic (exact) mass is 331 g/mol. The predicted octanol–water partition coefficient (Wildman–Crippen LogP) is 3.68. The summed E-state index contributed by atoms with van der Waals surface area (Å²) < 4.78 is 1.14. The Kier molecular flexibility index (Phi) is 6.71. The molecule has 2 nitrogen and oxygen atoms in total. The van der Waals surface area contributed by atoms with Gasteiger partial charge in [0.2, 0.25) is 0 Å². The third kappa shape index (κ3) is 4.92. The summed E-state index contributed by atoms with van der Waals surface area (Å²) in [6.45, 7) is 7.40. The minimum absolute atomic E-state index is 0.168. The van der Waals surface area contributed by atoms with Gasteiger partial charge in [-0.05, 0) is 48.0 Å². The molecule has 2 atom stereocenters. The number of nitrogens with one attached hydrogen (secondary N) is 1. The minimum atomic E-state index is -0.192. The first-order chi connectivity index (χ1) is 8.50. The second kappa shape index (κ2) is 7.53. The van der Waals surface area contributed by atoms with Crippen molar-refractivity contribution in [3.05, 3.63) is 28.7 Å². The molecule has 0 aliphatic rings. The van der Waals surface area contributed by atoms with Gasteiger partial charge in [0, 0.05) is 20.2 Å². The maximum Gasteiger partial charge on any atom is 0.0611 e. The molecule has 0 aromatic heterocycles. The van der Waals surface area contributed by atoms with Gasteiger partial charge in [-0.1, -0.05) is 26.0 Å².